The number of hydrogen-bond donors (Lipinski definition) is 1. The molecule has 2 heterocycles. The minimum Gasteiger partial charge on any atom is -0.356 e. The van der Waals surface area contributed by atoms with E-state index in [1.165, 1.54) is 5.56 Å². The number of piperidine rings is 2. The summed E-state index contributed by atoms with van der Waals surface area (Å²) >= 11 is 12.0. The quantitative estimate of drug-likeness (QED) is 0.643. The average molecular weight is 488 g/mol. The number of rotatable bonds is 6. The van der Waals surface area contributed by atoms with Crippen LogP contribution in [0.1, 0.15) is 41.6 Å². The van der Waals surface area contributed by atoms with Gasteiger partial charge >= 0.3 is 0 Å². The summed E-state index contributed by atoms with van der Waals surface area (Å²) in [4.78, 5) is 29.8. The molecule has 2 aromatic rings. The monoisotopic (exact) mass is 487 g/mol. The summed E-state index contributed by atoms with van der Waals surface area (Å²) in [6.07, 6.45) is 4.59. The standard InChI is InChI=1S/C26H31Cl2N3O2/c27-23-7-6-21(18-24(23)28)26(33)31-16-11-22(12-17-31)30-14-9-20(10-15-30)25(32)29-13-8-19-4-2-1-3-5-19/h1-7,18,20,22H,8-17H2,(H,29,32). The van der Waals surface area contributed by atoms with Crippen molar-refractivity contribution in [3.63, 3.8) is 0 Å². The van der Waals surface area contributed by atoms with Crippen LogP contribution in [0.4, 0.5) is 0 Å². The molecule has 1 N–H and O–H groups in total. The third kappa shape index (κ3) is 6.28. The molecule has 0 radical (unpaired) electrons. The fraction of sp³-hybridized carbons (Fsp3) is 0.462. The molecule has 33 heavy (non-hydrogen) atoms. The van der Waals surface area contributed by atoms with E-state index in [4.69, 9.17) is 23.2 Å². The fourth-order valence-corrected chi connectivity index (χ4v) is 5.19. The van der Waals surface area contributed by atoms with Gasteiger partial charge in [0.25, 0.3) is 5.91 Å². The van der Waals surface area contributed by atoms with Gasteiger partial charge in [0, 0.05) is 37.2 Å². The maximum absolute atomic E-state index is 12.8. The Hall–Kier alpha value is -2.08. The van der Waals surface area contributed by atoms with Crippen molar-refractivity contribution >= 4 is 35.0 Å². The maximum Gasteiger partial charge on any atom is 0.253 e. The lowest BCUT2D eigenvalue weighted by molar-refractivity contribution is -0.126. The van der Waals surface area contributed by atoms with Crippen molar-refractivity contribution in [3.05, 3.63) is 69.7 Å². The Balaban J connectivity index is 1.18. The molecule has 2 aliphatic rings. The van der Waals surface area contributed by atoms with Gasteiger partial charge in [0.15, 0.2) is 0 Å². The van der Waals surface area contributed by atoms with E-state index < -0.39 is 0 Å². The van der Waals surface area contributed by atoms with Crippen LogP contribution in [-0.4, -0.2) is 60.4 Å². The van der Waals surface area contributed by atoms with E-state index in [2.05, 4.69) is 22.3 Å². The summed E-state index contributed by atoms with van der Waals surface area (Å²) < 4.78 is 0. The number of likely N-dealkylation sites (tertiary alicyclic amines) is 2. The summed E-state index contributed by atoms with van der Waals surface area (Å²) in [5.74, 6) is 0.305. The van der Waals surface area contributed by atoms with Crippen LogP contribution in [0, 0.1) is 5.92 Å². The zero-order chi connectivity index (χ0) is 23.2. The minimum absolute atomic E-state index is 0.0119. The summed E-state index contributed by atoms with van der Waals surface area (Å²) in [6.45, 7) is 4.06. The van der Waals surface area contributed by atoms with Crippen molar-refractivity contribution in [1.82, 2.24) is 15.1 Å². The van der Waals surface area contributed by atoms with E-state index in [0.29, 0.717) is 28.2 Å². The molecule has 176 valence electrons. The Morgan fingerprint density at radius 1 is 0.879 bits per heavy atom. The molecule has 2 aliphatic heterocycles. The van der Waals surface area contributed by atoms with Crippen molar-refractivity contribution in [3.8, 4) is 0 Å². The molecule has 0 saturated carbocycles. The lowest BCUT2D eigenvalue weighted by Gasteiger charge is -2.41. The van der Waals surface area contributed by atoms with E-state index in [9.17, 15) is 9.59 Å². The molecular formula is C26H31Cl2N3O2. The van der Waals surface area contributed by atoms with Crippen LogP contribution < -0.4 is 5.32 Å². The molecule has 0 unspecified atom stereocenters. The molecule has 0 spiro atoms. The number of halogens is 2. The van der Waals surface area contributed by atoms with Gasteiger partial charge < -0.3 is 15.1 Å². The van der Waals surface area contributed by atoms with Crippen molar-refractivity contribution < 1.29 is 9.59 Å². The van der Waals surface area contributed by atoms with E-state index in [0.717, 1.165) is 58.3 Å². The highest BCUT2D eigenvalue weighted by Gasteiger charge is 2.31. The molecule has 2 amide bonds. The van der Waals surface area contributed by atoms with Gasteiger partial charge in [-0.25, -0.2) is 0 Å². The molecule has 0 aliphatic carbocycles. The Morgan fingerprint density at radius 2 is 1.58 bits per heavy atom. The van der Waals surface area contributed by atoms with Gasteiger partial charge in [0.1, 0.15) is 0 Å². The number of nitrogens with zero attached hydrogens (tertiary/aromatic N) is 2. The summed E-state index contributed by atoms with van der Waals surface area (Å²) in [5, 5.41) is 3.98. The normalized spacial score (nSPS) is 18.3. The van der Waals surface area contributed by atoms with Gasteiger partial charge in [-0.3, -0.25) is 9.59 Å². The second-order valence-corrected chi connectivity index (χ2v) is 9.80. The summed E-state index contributed by atoms with van der Waals surface area (Å²) in [7, 11) is 0. The van der Waals surface area contributed by atoms with Gasteiger partial charge in [-0.1, -0.05) is 53.5 Å². The van der Waals surface area contributed by atoms with Crippen LogP contribution in [-0.2, 0) is 11.2 Å². The van der Waals surface area contributed by atoms with E-state index in [-0.39, 0.29) is 17.7 Å². The zero-order valence-electron chi connectivity index (χ0n) is 18.8. The van der Waals surface area contributed by atoms with Gasteiger partial charge in [-0.2, -0.15) is 0 Å². The predicted molar refractivity (Wildman–Crippen MR) is 133 cm³/mol. The molecule has 5 nitrogen and oxygen atoms in total. The van der Waals surface area contributed by atoms with Gasteiger partial charge in [0.05, 0.1) is 10.0 Å². The lowest BCUT2D eigenvalue weighted by atomic mass is 9.92. The Labute approximate surface area is 206 Å². The first kappa shape index (κ1) is 24.1. The van der Waals surface area contributed by atoms with Crippen LogP contribution in [0.15, 0.2) is 48.5 Å². The molecule has 4 rings (SSSR count). The van der Waals surface area contributed by atoms with Crippen LogP contribution in [0.25, 0.3) is 0 Å². The molecule has 2 fully saturated rings. The number of carbonyl (C=O) groups is 2. The van der Waals surface area contributed by atoms with E-state index in [1.54, 1.807) is 18.2 Å². The predicted octanol–water partition coefficient (Wildman–Crippen LogP) is 4.67. The third-order valence-electron chi connectivity index (χ3n) is 6.89. The van der Waals surface area contributed by atoms with E-state index >= 15 is 0 Å². The first-order valence-electron chi connectivity index (χ1n) is 11.8. The van der Waals surface area contributed by atoms with Crippen LogP contribution in [0.2, 0.25) is 10.0 Å². The molecule has 2 aromatic carbocycles. The topological polar surface area (TPSA) is 52.7 Å². The first-order chi connectivity index (χ1) is 16.0. The first-order valence-corrected chi connectivity index (χ1v) is 12.6. The average Bonchev–Trinajstić information content (AvgIpc) is 2.86. The molecular weight excluding hydrogens is 457 g/mol. The smallest absolute Gasteiger partial charge is 0.253 e. The molecule has 0 bridgehead atoms. The van der Waals surface area contributed by atoms with Crippen molar-refractivity contribution in [2.45, 2.75) is 38.1 Å². The van der Waals surface area contributed by atoms with Gasteiger partial charge in [0.2, 0.25) is 5.91 Å². The highest BCUT2D eigenvalue weighted by Crippen LogP contribution is 2.26. The van der Waals surface area contributed by atoms with Gasteiger partial charge in [-0.15, -0.1) is 0 Å². The molecule has 0 aromatic heterocycles. The summed E-state index contributed by atoms with van der Waals surface area (Å²) in [6, 6.07) is 15.8. The van der Waals surface area contributed by atoms with Crippen molar-refractivity contribution in [2.75, 3.05) is 32.7 Å². The summed E-state index contributed by atoms with van der Waals surface area (Å²) in [5.41, 5.74) is 1.83. The number of benzene rings is 2. The number of nitrogens with one attached hydrogen (secondary N) is 1. The number of carbonyl (C=O) groups excluding carboxylic acids is 2. The minimum atomic E-state index is 0.0119. The van der Waals surface area contributed by atoms with Crippen molar-refractivity contribution in [1.29, 1.82) is 0 Å². The highest BCUT2D eigenvalue weighted by molar-refractivity contribution is 6.42. The molecule has 2 saturated heterocycles. The molecule has 0 atom stereocenters. The van der Waals surface area contributed by atoms with Crippen LogP contribution >= 0.6 is 23.2 Å². The highest BCUT2D eigenvalue weighted by atomic mass is 35.5. The third-order valence-corrected chi connectivity index (χ3v) is 7.63. The zero-order valence-corrected chi connectivity index (χ0v) is 20.3. The van der Waals surface area contributed by atoms with Crippen LogP contribution in [0.5, 0.6) is 0 Å². The van der Waals surface area contributed by atoms with Crippen LogP contribution in [0.3, 0.4) is 0 Å². The Kier molecular flexibility index (Phi) is 8.29. The van der Waals surface area contributed by atoms with E-state index in [1.807, 2.05) is 23.1 Å². The van der Waals surface area contributed by atoms with Crippen molar-refractivity contribution in [2.24, 2.45) is 5.92 Å². The number of hydrogen-bond acceptors (Lipinski definition) is 3. The lowest BCUT2D eigenvalue weighted by Crippen LogP contribution is -2.50. The molecule has 7 heteroatoms. The Morgan fingerprint density at radius 3 is 2.24 bits per heavy atom. The largest absolute Gasteiger partial charge is 0.356 e. The number of amides is 2. The second kappa shape index (κ2) is 11.4. The Bertz CT molecular complexity index is 953. The fourth-order valence-electron chi connectivity index (χ4n) is 4.89. The second-order valence-electron chi connectivity index (χ2n) is 8.99. The maximum atomic E-state index is 12.8. The SMILES string of the molecule is O=C(NCCc1ccccc1)C1CCN(C2CCN(C(=O)c3ccc(Cl)c(Cl)c3)CC2)CC1. The van der Waals surface area contributed by atoms with Gasteiger partial charge in [-0.05, 0) is 69.0 Å².